The second-order valence-electron chi connectivity index (χ2n) is 6.13. The fourth-order valence-corrected chi connectivity index (χ4v) is 2.48. The first kappa shape index (κ1) is 14.9. The summed E-state index contributed by atoms with van der Waals surface area (Å²) < 4.78 is 5.48. The summed E-state index contributed by atoms with van der Waals surface area (Å²) in [5.41, 5.74) is -0.0539. The zero-order valence-electron chi connectivity index (χ0n) is 11.9. The van der Waals surface area contributed by atoms with Crippen molar-refractivity contribution in [1.29, 1.82) is 0 Å². The maximum atomic E-state index is 9.64. The first-order valence-corrected chi connectivity index (χ1v) is 6.85. The molecule has 17 heavy (non-hydrogen) atoms. The predicted molar refractivity (Wildman–Crippen MR) is 71.2 cm³/mol. The van der Waals surface area contributed by atoms with Crippen LogP contribution in [0.5, 0.6) is 0 Å². The molecule has 0 aliphatic heterocycles. The minimum absolute atomic E-state index is 0.107. The summed E-state index contributed by atoms with van der Waals surface area (Å²) in [6, 6.07) is 0.290. The smallest absolute Gasteiger partial charge is 0.0772 e. The van der Waals surface area contributed by atoms with Crippen molar-refractivity contribution in [2.75, 3.05) is 20.3 Å². The van der Waals surface area contributed by atoms with E-state index in [1.165, 1.54) is 19.3 Å². The molecule has 1 saturated carbocycles. The Kier molecular flexibility index (Phi) is 5.42. The lowest BCUT2D eigenvalue weighted by Gasteiger charge is -2.39. The van der Waals surface area contributed by atoms with Gasteiger partial charge in [0.25, 0.3) is 0 Å². The van der Waals surface area contributed by atoms with Gasteiger partial charge in [-0.2, -0.15) is 0 Å². The lowest BCUT2D eigenvalue weighted by atomic mass is 9.74. The minimum atomic E-state index is -0.161. The molecule has 0 saturated heterocycles. The molecule has 0 aromatic heterocycles. The molecule has 0 bridgehead atoms. The lowest BCUT2D eigenvalue weighted by molar-refractivity contribution is -0.0125. The van der Waals surface area contributed by atoms with Crippen LogP contribution in [0.4, 0.5) is 0 Å². The molecule has 0 amide bonds. The van der Waals surface area contributed by atoms with Crippen molar-refractivity contribution in [2.45, 2.75) is 64.5 Å². The molecule has 3 heteroatoms. The van der Waals surface area contributed by atoms with Gasteiger partial charge in [-0.15, -0.1) is 0 Å². The third-order valence-electron chi connectivity index (χ3n) is 4.60. The number of ether oxygens (including phenoxy) is 1. The van der Waals surface area contributed by atoms with E-state index >= 15 is 0 Å². The van der Waals surface area contributed by atoms with Crippen LogP contribution < -0.4 is 5.32 Å². The first-order valence-electron chi connectivity index (χ1n) is 6.85. The summed E-state index contributed by atoms with van der Waals surface area (Å²) in [6.07, 6.45) is 6.13. The maximum Gasteiger partial charge on any atom is 0.0772 e. The minimum Gasteiger partial charge on any atom is -0.396 e. The van der Waals surface area contributed by atoms with Crippen molar-refractivity contribution < 1.29 is 9.84 Å². The highest BCUT2D eigenvalue weighted by Gasteiger charge is 2.33. The monoisotopic (exact) mass is 243 g/mol. The van der Waals surface area contributed by atoms with Crippen LogP contribution in [-0.2, 0) is 4.74 Å². The van der Waals surface area contributed by atoms with Crippen LogP contribution in [0.1, 0.15) is 52.9 Å². The molecule has 102 valence electrons. The predicted octanol–water partition coefficient (Wildman–Crippen LogP) is 2.33. The molecule has 0 heterocycles. The number of aliphatic hydroxyl groups excluding tert-OH is 1. The molecule has 1 aliphatic rings. The van der Waals surface area contributed by atoms with Crippen molar-refractivity contribution in [2.24, 2.45) is 5.41 Å². The van der Waals surface area contributed by atoms with Crippen LogP contribution in [0.15, 0.2) is 0 Å². The quantitative estimate of drug-likeness (QED) is 0.752. The van der Waals surface area contributed by atoms with E-state index in [4.69, 9.17) is 4.74 Å². The Balaban J connectivity index is 2.47. The summed E-state index contributed by atoms with van der Waals surface area (Å²) in [7, 11) is 1.75. The maximum absolute atomic E-state index is 9.64. The largest absolute Gasteiger partial charge is 0.396 e. The van der Waals surface area contributed by atoms with Gasteiger partial charge in [-0.05, 0) is 33.6 Å². The van der Waals surface area contributed by atoms with E-state index < -0.39 is 0 Å². The topological polar surface area (TPSA) is 41.5 Å². The Labute approximate surface area is 106 Å². The number of nitrogens with one attached hydrogen (secondary N) is 1. The highest BCUT2D eigenvalue weighted by molar-refractivity contribution is 4.88. The number of hydrogen-bond acceptors (Lipinski definition) is 3. The van der Waals surface area contributed by atoms with Crippen LogP contribution in [0.25, 0.3) is 0 Å². The summed E-state index contributed by atoms with van der Waals surface area (Å²) >= 11 is 0. The van der Waals surface area contributed by atoms with Crippen molar-refractivity contribution in [3.8, 4) is 0 Å². The van der Waals surface area contributed by atoms with Gasteiger partial charge in [0, 0.05) is 31.7 Å². The fraction of sp³-hybridized carbons (Fsp3) is 1.00. The van der Waals surface area contributed by atoms with E-state index in [2.05, 4.69) is 26.1 Å². The van der Waals surface area contributed by atoms with Gasteiger partial charge >= 0.3 is 0 Å². The van der Waals surface area contributed by atoms with Crippen molar-refractivity contribution in [3.05, 3.63) is 0 Å². The molecule has 0 aromatic rings. The van der Waals surface area contributed by atoms with E-state index in [1.54, 1.807) is 7.11 Å². The molecular formula is C14H29NO2. The van der Waals surface area contributed by atoms with Crippen LogP contribution in [0, 0.1) is 5.41 Å². The van der Waals surface area contributed by atoms with Crippen molar-refractivity contribution in [3.63, 3.8) is 0 Å². The fourth-order valence-electron chi connectivity index (χ4n) is 2.48. The van der Waals surface area contributed by atoms with E-state index in [-0.39, 0.29) is 17.1 Å². The van der Waals surface area contributed by atoms with E-state index in [9.17, 15) is 5.11 Å². The van der Waals surface area contributed by atoms with Crippen LogP contribution in [-0.4, -0.2) is 37.0 Å². The van der Waals surface area contributed by atoms with Gasteiger partial charge in [0.05, 0.1) is 5.60 Å². The van der Waals surface area contributed by atoms with Crippen molar-refractivity contribution >= 4 is 0 Å². The third-order valence-corrected chi connectivity index (χ3v) is 4.60. The second-order valence-corrected chi connectivity index (χ2v) is 6.13. The zero-order valence-corrected chi connectivity index (χ0v) is 11.9. The Bertz CT molecular complexity index is 222. The molecule has 3 nitrogen and oxygen atoms in total. The number of hydrogen-bond donors (Lipinski definition) is 2. The highest BCUT2D eigenvalue weighted by atomic mass is 16.5. The van der Waals surface area contributed by atoms with Crippen LogP contribution in [0.3, 0.4) is 0 Å². The number of aliphatic hydroxyl groups is 1. The standard InChI is InChI=1S/C14H29NO2/c1-12(13(2,3)17-4)15-10-14(11-16)8-6-5-7-9-14/h12,15-16H,5-11H2,1-4H3. The second kappa shape index (κ2) is 6.17. The van der Waals surface area contributed by atoms with E-state index in [0.29, 0.717) is 6.61 Å². The van der Waals surface area contributed by atoms with Gasteiger partial charge in [0.15, 0.2) is 0 Å². The van der Waals surface area contributed by atoms with Gasteiger partial charge < -0.3 is 15.2 Å². The lowest BCUT2D eigenvalue weighted by Crippen LogP contribution is -2.50. The Morgan fingerprint density at radius 1 is 1.29 bits per heavy atom. The van der Waals surface area contributed by atoms with Gasteiger partial charge in [0.1, 0.15) is 0 Å². The van der Waals surface area contributed by atoms with Gasteiger partial charge in [-0.25, -0.2) is 0 Å². The number of rotatable bonds is 6. The summed E-state index contributed by atoms with van der Waals surface area (Å²) in [6.45, 7) is 7.54. The molecule has 1 atom stereocenters. The van der Waals surface area contributed by atoms with Crippen LogP contribution >= 0.6 is 0 Å². The highest BCUT2D eigenvalue weighted by Crippen LogP contribution is 2.35. The average molecular weight is 243 g/mol. The van der Waals surface area contributed by atoms with E-state index in [0.717, 1.165) is 19.4 Å². The van der Waals surface area contributed by atoms with Crippen molar-refractivity contribution in [1.82, 2.24) is 5.32 Å². The number of methoxy groups -OCH3 is 1. The van der Waals surface area contributed by atoms with E-state index in [1.807, 2.05) is 0 Å². The Hall–Kier alpha value is -0.120. The Morgan fingerprint density at radius 2 is 1.88 bits per heavy atom. The molecule has 1 rings (SSSR count). The summed E-state index contributed by atoms with van der Waals surface area (Å²) in [5.74, 6) is 0. The molecular weight excluding hydrogens is 214 g/mol. The summed E-state index contributed by atoms with van der Waals surface area (Å²) in [4.78, 5) is 0. The normalized spacial score (nSPS) is 22.4. The molecule has 0 radical (unpaired) electrons. The van der Waals surface area contributed by atoms with Gasteiger partial charge in [0.2, 0.25) is 0 Å². The van der Waals surface area contributed by atoms with Gasteiger partial charge in [-0.1, -0.05) is 19.3 Å². The molecule has 1 aliphatic carbocycles. The van der Waals surface area contributed by atoms with Crippen LogP contribution in [0.2, 0.25) is 0 Å². The van der Waals surface area contributed by atoms with Gasteiger partial charge in [-0.3, -0.25) is 0 Å². The molecule has 1 fully saturated rings. The molecule has 1 unspecified atom stereocenters. The first-order chi connectivity index (χ1) is 7.96. The SMILES string of the molecule is COC(C)(C)C(C)NCC1(CO)CCCCC1. The molecule has 0 spiro atoms. The Morgan fingerprint density at radius 3 is 2.35 bits per heavy atom. The summed E-state index contributed by atoms with van der Waals surface area (Å²) in [5, 5.41) is 13.2. The zero-order chi connectivity index (χ0) is 12.9. The molecule has 2 N–H and O–H groups in total. The average Bonchev–Trinajstić information content (AvgIpc) is 2.37. The molecule has 0 aromatic carbocycles. The third kappa shape index (κ3) is 3.94.